The van der Waals surface area contributed by atoms with Crippen LogP contribution in [0, 0.1) is 0 Å². The van der Waals surface area contributed by atoms with Crippen molar-refractivity contribution in [3.05, 3.63) is 34.3 Å². The summed E-state index contributed by atoms with van der Waals surface area (Å²) in [6, 6.07) is 4.66. The second-order valence-corrected chi connectivity index (χ2v) is 7.35. The van der Waals surface area contributed by atoms with Gasteiger partial charge in [0.05, 0.1) is 12.2 Å². The smallest absolute Gasteiger partial charge is 0.273 e. The molecule has 0 radical (unpaired) electrons. The Morgan fingerprint density at radius 3 is 3.13 bits per heavy atom. The van der Waals surface area contributed by atoms with E-state index in [4.69, 9.17) is 0 Å². The van der Waals surface area contributed by atoms with Gasteiger partial charge in [-0.05, 0) is 44.7 Å². The molecule has 1 N–H and O–H groups in total. The summed E-state index contributed by atoms with van der Waals surface area (Å²) in [6.07, 6.45) is 4.00. The third-order valence-corrected chi connectivity index (χ3v) is 4.84. The Labute approximate surface area is 140 Å². The molecule has 0 unspecified atom stereocenters. The summed E-state index contributed by atoms with van der Waals surface area (Å²) < 4.78 is 1.86. The molecule has 1 atom stereocenters. The van der Waals surface area contributed by atoms with Gasteiger partial charge < -0.3 is 5.32 Å². The minimum absolute atomic E-state index is 0.101. The molecule has 0 bridgehead atoms. The van der Waals surface area contributed by atoms with Gasteiger partial charge >= 0.3 is 0 Å². The maximum Gasteiger partial charge on any atom is 0.273 e. The molecule has 1 aliphatic rings. The highest BCUT2D eigenvalue weighted by molar-refractivity contribution is 7.09. The molecule has 1 saturated heterocycles. The second-order valence-electron chi connectivity index (χ2n) is 6.32. The van der Waals surface area contributed by atoms with Gasteiger partial charge in [-0.25, -0.2) is 4.68 Å². The summed E-state index contributed by atoms with van der Waals surface area (Å²) in [4.78, 5) is 15.8. The van der Waals surface area contributed by atoms with E-state index >= 15 is 0 Å². The van der Waals surface area contributed by atoms with Crippen LogP contribution in [0.1, 0.15) is 48.1 Å². The summed E-state index contributed by atoms with van der Waals surface area (Å²) in [7, 11) is 0. The zero-order valence-electron chi connectivity index (χ0n) is 13.6. The Balaban J connectivity index is 1.62. The zero-order chi connectivity index (χ0) is 16.2. The van der Waals surface area contributed by atoms with Crippen LogP contribution in [0.3, 0.4) is 0 Å². The van der Waals surface area contributed by atoms with E-state index in [0.29, 0.717) is 5.69 Å². The molecule has 3 heterocycles. The van der Waals surface area contributed by atoms with Crippen molar-refractivity contribution >= 4 is 17.2 Å². The molecule has 7 heteroatoms. The first-order valence-corrected chi connectivity index (χ1v) is 8.97. The molecule has 2 aromatic heterocycles. The Morgan fingerprint density at radius 1 is 1.52 bits per heavy atom. The molecule has 23 heavy (non-hydrogen) atoms. The Morgan fingerprint density at radius 2 is 2.39 bits per heavy atom. The second kappa shape index (κ2) is 7.23. The van der Waals surface area contributed by atoms with Crippen molar-refractivity contribution in [2.45, 2.75) is 45.3 Å². The number of rotatable bonds is 5. The summed E-state index contributed by atoms with van der Waals surface area (Å²) in [6.45, 7) is 6.93. The van der Waals surface area contributed by atoms with Crippen molar-refractivity contribution in [2.75, 3.05) is 13.1 Å². The van der Waals surface area contributed by atoms with E-state index in [1.165, 1.54) is 4.88 Å². The number of nitrogens with one attached hydrogen (secondary N) is 1. The van der Waals surface area contributed by atoms with Crippen LogP contribution in [0.4, 0.5) is 0 Å². The largest absolute Gasteiger partial charge is 0.348 e. The number of hydrogen-bond donors (Lipinski definition) is 1. The van der Waals surface area contributed by atoms with E-state index in [0.717, 1.165) is 32.5 Å². The predicted molar refractivity (Wildman–Crippen MR) is 90.5 cm³/mol. The van der Waals surface area contributed by atoms with Crippen LogP contribution < -0.4 is 5.32 Å². The molecular weight excluding hydrogens is 310 g/mol. The summed E-state index contributed by atoms with van der Waals surface area (Å²) in [5.41, 5.74) is 0.397. The Kier molecular flexibility index (Phi) is 5.07. The van der Waals surface area contributed by atoms with Crippen LogP contribution in [-0.2, 0) is 6.54 Å². The molecule has 124 valence electrons. The number of piperidine rings is 1. The lowest BCUT2D eigenvalue weighted by atomic mass is 10.1. The average molecular weight is 333 g/mol. The minimum atomic E-state index is -0.155. The number of hydrogen-bond acceptors (Lipinski definition) is 5. The fourth-order valence-corrected chi connectivity index (χ4v) is 3.66. The maximum atomic E-state index is 12.0. The average Bonchev–Trinajstić information content (AvgIpc) is 3.18. The first kappa shape index (κ1) is 16.1. The van der Waals surface area contributed by atoms with Crippen molar-refractivity contribution in [1.29, 1.82) is 0 Å². The van der Waals surface area contributed by atoms with E-state index in [1.807, 2.05) is 18.5 Å². The molecule has 6 nitrogen and oxygen atoms in total. The molecule has 0 aliphatic carbocycles. The standard InChI is InChI=1S/C16H23N5OS/c1-12(2)17-16(22)15-11-21(19-18-15)13-5-3-7-20(9-13)10-14-6-4-8-23-14/h4,6,8,11-13H,3,5,7,9-10H2,1-2H3,(H,17,22)/t13-/m1/s1. The van der Waals surface area contributed by atoms with Crippen LogP contribution in [0.2, 0.25) is 0 Å². The van der Waals surface area contributed by atoms with Gasteiger partial charge in [-0.2, -0.15) is 0 Å². The minimum Gasteiger partial charge on any atom is -0.348 e. The van der Waals surface area contributed by atoms with E-state index in [2.05, 4.69) is 38.0 Å². The third kappa shape index (κ3) is 4.17. The molecule has 0 aromatic carbocycles. The molecule has 2 aromatic rings. The lowest BCUT2D eigenvalue weighted by Gasteiger charge is -2.32. The number of carbonyl (C=O) groups excluding carboxylic acids is 1. The van der Waals surface area contributed by atoms with Gasteiger partial charge in [0.1, 0.15) is 0 Å². The fourth-order valence-electron chi connectivity index (χ4n) is 2.91. The normalized spacial score (nSPS) is 19.2. The highest BCUT2D eigenvalue weighted by Crippen LogP contribution is 2.23. The molecule has 0 saturated carbocycles. The van der Waals surface area contributed by atoms with Crippen molar-refractivity contribution in [1.82, 2.24) is 25.2 Å². The molecular formula is C16H23N5OS. The van der Waals surface area contributed by atoms with E-state index in [-0.39, 0.29) is 18.0 Å². The number of nitrogens with zero attached hydrogens (tertiary/aromatic N) is 4. The van der Waals surface area contributed by atoms with Gasteiger partial charge in [0.2, 0.25) is 0 Å². The van der Waals surface area contributed by atoms with Gasteiger partial charge in [0, 0.05) is 24.0 Å². The van der Waals surface area contributed by atoms with Crippen LogP contribution in [0.5, 0.6) is 0 Å². The SMILES string of the molecule is CC(C)NC(=O)c1cn([C@@H]2CCCN(Cc3cccs3)C2)nn1. The lowest BCUT2D eigenvalue weighted by molar-refractivity contribution is 0.0938. The van der Waals surface area contributed by atoms with E-state index in [9.17, 15) is 4.79 Å². The molecule has 1 aliphatic heterocycles. The fraction of sp³-hybridized carbons (Fsp3) is 0.562. The lowest BCUT2D eigenvalue weighted by Crippen LogP contribution is -2.36. The monoisotopic (exact) mass is 333 g/mol. The van der Waals surface area contributed by atoms with Gasteiger partial charge in [-0.1, -0.05) is 11.3 Å². The number of thiophene rings is 1. The Bertz CT molecular complexity index is 637. The zero-order valence-corrected chi connectivity index (χ0v) is 14.4. The van der Waals surface area contributed by atoms with E-state index < -0.39 is 0 Å². The Hall–Kier alpha value is -1.73. The van der Waals surface area contributed by atoms with E-state index in [1.54, 1.807) is 17.5 Å². The number of likely N-dealkylation sites (tertiary alicyclic amines) is 1. The first-order chi connectivity index (χ1) is 11.1. The maximum absolute atomic E-state index is 12.0. The highest BCUT2D eigenvalue weighted by atomic mass is 32.1. The van der Waals surface area contributed by atoms with Crippen LogP contribution in [-0.4, -0.2) is 44.9 Å². The summed E-state index contributed by atoms with van der Waals surface area (Å²) in [5.74, 6) is -0.155. The van der Waals surface area contributed by atoms with Gasteiger partial charge in [0.15, 0.2) is 5.69 Å². The quantitative estimate of drug-likeness (QED) is 0.912. The van der Waals surface area contributed by atoms with Crippen molar-refractivity contribution in [2.24, 2.45) is 0 Å². The van der Waals surface area contributed by atoms with Crippen LogP contribution in [0.25, 0.3) is 0 Å². The topological polar surface area (TPSA) is 63.1 Å². The van der Waals surface area contributed by atoms with Crippen LogP contribution >= 0.6 is 11.3 Å². The predicted octanol–water partition coefficient (Wildman–Crippen LogP) is 2.31. The molecule has 1 fully saturated rings. The summed E-state index contributed by atoms with van der Waals surface area (Å²) in [5, 5.41) is 13.2. The number of carbonyl (C=O) groups is 1. The summed E-state index contributed by atoms with van der Waals surface area (Å²) >= 11 is 1.80. The number of amides is 1. The molecule has 3 rings (SSSR count). The molecule has 0 spiro atoms. The van der Waals surface area contributed by atoms with Crippen LogP contribution in [0.15, 0.2) is 23.7 Å². The number of aromatic nitrogens is 3. The van der Waals surface area contributed by atoms with Crippen molar-refractivity contribution in [3.63, 3.8) is 0 Å². The van der Waals surface area contributed by atoms with Gasteiger partial charge in [0.25, 0.3) is 5.91 Å². The first-order valence-electron chi connectivity index (χ1n) is 8.09. The van der Waals surface area contributed by atoms with Crippen molar-refractivity contribution < 1.29 is 4.79 Å². The highest BCUT2D eigenvalue weighted by Gasteiger charge is 2.23. The van der Waals surface area contributed by atoms with Crippen molar-refractivity contribution in [3.8, 4) is 0 Å². The molecule has 1 amide bonds. The third-order valence-electron chi connectivity index (χ3n) is 3.98. The van der Waals surface area contributed by atoms with Gasteiger partial charge in [-0.15, -0.1) is 16.4 Å². The van der Waals surface area contributed by atoms with Gasteiger partial charge in [-0.3, -0.25) is 9.69 Å².